The first-order chi connectivity index (χ1) is 15.2. The van der Waals surface area contributed by atoms with Crippen molar-refractivity contribution in [2.75, 3.05) is 6.54 Å². The van der Waals surface area contributed by atoms with Crippen LogP contribution in [0, 0.1) is 0 Å². The smallest absolute Gasteiger partial charge is 0.267 e. The van der Waals surface area contributed by atoms with Crippen molar-refractivity contribution >= 4 is 22.9 Å². The van der Waals surface area contributed by atoms with Crippen LogP contribution in [-0.4, -0.2) is 22.2 Å². The number of amides is 1. The fourth-order valence-corrected chi connectivity index (χ4v) is 3.66. The summed E-state index contributed by atoms with van der Waals surface area (Å²) in [5, 5.41) is 13.3. The molecule has 31 heavy (non-hydrogen) atoms. The average molecular weight is 412 g/mol. The third-order valence-corrected chi connectivity index (χ3v) is 5.25. The Labute approximate surface area is 181 Å². The molecule has 4 aromatic rings. The predicted octanol–water partition coefficient (Wildman–Crippen LogP) is 4.48. The Bertz CT molecular complexity index is 1180. The Morgan fingerprint density at radius 3 is 2.45 bits per heavy atom. The minimum Gasteiger partial charge on any atom is -0.316 e. The average Bonchev–Trinajstić information content (AvgIpc) is 3.20. The quantitative estimate of drug-likeness (QED) is 0.173. The minimum atomic E-state index is -0.542. The fourth-order valence-electron chi connectivity index (χ4n) is 3.66. The zero-order valence-corrected chi connectivity index (χ0v) is 17.2. The summed E-state index contributed by atoms with van der Waals surface area (Å²) in [6.07, 6.45) is 6.13. The molecule has 156 valence electrons. The van der Waals surface area contributed by atoms with Crippen molar-refractivity contribution in [2.24, 2.45) is 0 Å². The largest absolute Gasteiger partial charge is 0.316 e. The maximum Gasteiger partial charge on any atom is 0.267 e. The minimum absolute atomic E-state index is 0.542. The molecular formula is C26H25N3O2. The Morgan fingerprint density at radius 2 is 1.68 bits per heavy atom. The van der Waals surface area contributed by atoms with Crippen molar-refractivity contribution in [1.82, 2.24) is 15.4 Å². The van der Waals surface area contributed by atoms with Gasteiger partial charge in [0.1, 0.15) is 0 Å². The van der Waals surface area contributed by atoms with Gasteiger partial charge in [-0.1, -0.05) is 60.7 Å². The molecule has 3 aromatic carbocycles. The molecule has 4 rings (SSSR count). The highest BCUT2D eigenvalue weighted by Gasteiger charge is 2.09. The molecular weight excluding hydrogens is 386 g/mol. The van der Waals surface area contributed by atoms with E-state index < -0.39 is 5.91 Å². The van der Waals surface area contributed by atoms with Crippen LogP contribution in [0.25, 0.3) is 22.7 Å². The van der Waals surface area contributed by atoms with Crippen LogP contribution in [0.1, 0.15) is 16.7 Å². The molecule has 0 fully saturated rings. The van der Waals surface area contributed by atoms with E-state index in [1.807, 2.05) is 30.3 Å². The summed E-state index contributed by atoms with van der Waals surface area (Å²) in [5.74, 6) is -0.542. The van der Waals surface area contributed by atoms with Crippen molar-refractivity contribution in [2.45, 2.75) is 13.0 Å². The molecule has 0 saturated carbocycles. The Morgan fingerprint density at radius 1 is 0.935 bits per heavy atom. The van der Waals surface area contributed by atoms with Gasteiger partial charge in [-0.05, 0) is 53.9 Å². The molecule has 5 heteroatoms. The van der Waals surface area contributed by atoms with E-state index in [1.165, 1.54) is 33.8 Å². The number of hydroxylamine groups is 1. The maximum absolute atomic E-state index is 11.0. The van der Waals surface area contributed by atoms with E-state index in [2.05, 4.69) is 64.6 Å². The molecule has 0 aliphatic heterocycles. The molecule has 0 unspecified atom stereocenters. The summed E-state index contributed by atoms with van der Waals surface area (Å²) in [4.78, 5) is 11.0. The molecule has 0 aliphatic carbocycles. The van der Waals surface area contributed by atoms with Gasteiger partial charge < -0.3 is 9.88 Å². The number of rotatable bonds is 8. The second kappa shape index (κ2) is 9.89. The maximum atomic E-state index is 11.0. The van der Waals surface area contributed by atoms with E-state index in [4.69, 9.17) is 5.21 Å². The SMILES string of the molecule is O=C(C=Cc1ccc(CNCCc2cn(-c3ccccc3)c3ccccc23)cc1)NO. The fraction of sp³-hybridized carbons (Fsp3) is 0.115. The number of fused-ring (bicyclic) bond motifs is 1. The first-order valence-electron chi connectivity index (χ1n) is 10.3. The topological polar surface area (TPSA) is 66.3 Å². The second-order valence-corrected chi connectivity index (χ2v) is 7.35. The second-order valence-electron chi connectivity index (χ2n) is 7.35. The van der Waals surface area contributed by atoms with Gasteiger partial charge >= 0.3 is 0 Å². The third-order valence-electron chi connectivity index (χ3n) is 5.25. The van der Waals surface area contributed by atoms with Crippen LogP contribution >= 0.6 is 0 Å². The molecule has 3 N–H and O–H groups in total. The van der Waals surface area contributed by atoms with Crippen LogP contribution in [0.2, 0.25) is 0 Å². The van der Waals surface area contributed by atoms with Crippen LogP contribution in [-0.2, 0) is 17.8 Å². The van der Waals surface area contributed by atoms with Crippen molar-refractivity contribution in [3.63, 3.8) is 0 Å². The molecule has 1 amide bonds. The van der Waals surface area contributed by atoms with Crippen molar-refractivity contribution in [3.05, 3.63) is 108 Å². The van der Waals surface area contributed by atoms with Gasteiger partial charge in [-0.15, -0.1) is 0 Å². The van der Waals surface area contributed by atoms with Gasteiger partial charge in [0, 0.05) is 29.9 Å². The van der Waals surface area contributed by atoms with E-state index in [-0.39, 0.29) is 0 Å². The predicted molar refractivity (Wildman–Crippen MR) is 124 cm³/mol. The van der Waals surface area contributed by atoms with Gasteiger partial charge in [0.15, 0.2) is 0 Å². The van der Waals surface area contributed by atoms with Crippen LogP contribution in [0.3, 0.4) is 0 Å². The molecule has 0 radical (unpaired) electrons. The number of carbonyl (C=O) groups is 1. The third kappa shape index (κ3) is 5.09. The van der Waals surface area contributed by atoms with Gasteiger partial charge in [0.25, 0.3) is 5.91 Å². The molecule has 0 aliphatic rings. The lowest BCUT2D eigenvalue weighted by Crippen LogP contribution is -2.16. The van der Waals surface area contributed by atoms with Crippen LogP contribution in [0.5, 0.6) is 0 Å². The number of benzene rings is 3. The van der Waals surface area contributed by atoms with Gasteiger partial charge in [0.05, 0.1) is 5.52 Å². The highest BCUT2D eigenvalue weighted by molar-refractivity contribution is 5.90. The van der Waals surface area contributed by atoms with Crippen molar-refractivity contribution in [1.29, 1.82) is 0 Å². The lowest BCUT2D eigenvalue weighted by atomic mass is 10.1. The number of aromatic nitrogens is 1. The number of hydrogen-bond acceptors (Lipinski definition) is 3. The molecule has 0 spiro atoms. The molecule has 5 nitrogen and oxygen atoms in total. The van der Waals surface area contributed by atoms with E-state index in [0.717, 1.165) is 25.1 Å². The van der Waals surface area contributed by atoms with E-state index >= 15 is 0 Å². The lowest BCUT2D eigenvalue weighted by molar-refractivity contribution is -0.124. The van der Waals surface area contributed by atoms with Gasteiger partial charge in [0.2, 0.25) is 0 Å². The Kier molecular flexibility index (Phi) is 6.57. The zero-order valence-electron chi connectivity index (χ0n) is 17.2. The molecule has 1 aromatic heterocycles. The van der Waals surface area contributed by atoms with Crippen molar-refractivity contribution in [3.8, 4) is 5.69 Å². The number of hydrogen-bond donors (Lipinski definition) is 3. The number of para-hydroxylation sites is 2. The summed E-state index contributed by atoms with van der Waals surface area (Å²) in [7, 11) is 0. The van der Waals surface area contributed by atoms with Gasteiger partial charge in [-0.3, -0.25) is 10.0 Å². The Balaban J connectivity index is 1.37. The standard InChI is InChI=1S/C26H25N3O2/c30-26(28-31)15-14-20-10-12-21(13-11-20)18-27-17-16-22-19-29(23-6-2-1-3-7-23)25-9-5-4-8-24(22)25/h1-15,19,27,31H,16-18H2,(H,28,30). The van der Waals surface area contributed by atoms with Crippen LogP contribution in [0.15, 0.2) is 91.1 Å². The summed E-state index contributed by atoms with van der Waals surface area (Å²) in [6, 6.07) is 26.9. The van der Waals surface area contributed by atoms with E-state index in [0.29, 0.717) is 0 Å². The first-order valence-corrected chi connectivity index (χ1v) is 10.3. The summed E-state index contributed by atoms with van der Waals surface area (Å²) in [5.41, 5.74) is 7.38. The zero-order chi connectivity index (χ0) is 21.5. The number of carbonyl (C=O) groups excluding carboxylic acids is 1. The normalized spacial score (nSPS) is 11.3. The monoisotopic (exact) mass is 411 g/mol. The molecule has 1 heterocycles. The number of nitrogens with one attached hydrogen (secondary N) is 2. The first kappa shape index (κ1) is 20.6. The Hall–Kier alpha value is -3.67. The summed E-state index contributed by atoms with van der Waals surface area (Å²) < 4.78 is 2.26. The van der Waals surface area contributed by atoms with E-state index in [1.54, 1.807) is 11.6 Å². The van der Waals surface area contributed by atoms with Gasteiger partial charge in [-0.25, -0.2) is 5.48 Å². The summed E-state index contributed by atoms with van der Waals surface area (Å²) in [6.45, 7) is 1.65. The summed E-state index contributed by atoms with van der Waals surface area (Å²) >= 11 is 0. The van der Waals surface area contributed by atoms with Crippen LogP contribution < -0.4 is 10.8 Å². The molecule has 0 atom stereocenters. The highest BCUT2D eigenvalue weighted by atomic mass is 16.5. The lowest BCUT2D eigenvalue weighted by Gasteiger charge is -2.05. The molecule has 0 bridgehead atoms. The number of nitrogens with zero attached hydrogens (tertiary/aromatic N) is 1. The molecule has 0 saturated heterocycles. The van der Waals surface area contributed by atoms with Crippen molar-refractivity contribution < 1.29 is 10.0 Å². The van der Waals surface area contributed by atoms with E-state index in [9.17, 15) is 4.79 Å². The van der Waals surface area contributed by atoms with Crippen LogP contribution in [0.4, 0.5) is 0 Å². The van der Waals surface area contributed by atoms with Gasteiger partial charge in [-0.2, -0.15) is 0 Å². The highest BCUT2D eigenvalue weighted by Crippen LogP contribution is 2.25.